The number of carbonyl (C=O) groups is 5. The van der Waals surface area contributed by atoms with E-state index in [0.717, 1.165) is 41.0 Å². The van der Waals surface area contributed by atoms with E-state index in [2.05, 4.69) is 10.3 Å². The Morgan fingerprint density at radius 3 is 2.45 bits per heavy atom. The lowest BCUT2D eigenvalue weighted by molar-refractivity contribution is -0.175. The first kappa shape index (κ1) is 29.6. The number of rotatable bonds is 9. The van der Waals surface area contributed by atoms with Crippen LogP contribution in [0.1, 0.15) is 50.5 Å². The number of primary amides is 1. The fraction of sp³-hybridized carbons (Fsp3) is 0.630. The first-order valence-electron chi connectivity index (χ1n) is 13.9. The standard InChI is InChI=1S/C27H33F3N6O6/c1-13-7-16-21(32-11-13)42-26(24(40)33-16)10-19(20(31)37)36(12-26)23(39)18(9-15-5-6-15)35(2)22(38)17(8-14-3-4-14)34-25(41)27(28,29)30/h7,11,14-15,17-19H,3-6,8-10,12H2,1-2H3,(H2,31,37)(H,33,40)(H,34,41)/t17-,18-,19-,26?/m0/s1. The summed E-state index contributed by atoms with van der Waals surface area (Å²) in [6, 6.07) is -2.25. The molecule has 4 atom stereocenters. The van der Waals surface area contributed by atoms with Gasteiger partial charge in [-0.3, -0.25) is 24.0 Å². The minimum absolute atomic E-state index is 0.00592. The van der Waals surface area contributed by atoms with Crippen LogP contribution in [0.25, 0.3) is 0 Å². The molecular weight excluding hydrogens is 561 g/mol. The van der Waals surface area contributed by atoms with Crippen molar-refractivity contribution in [1.82, 2.24) is 20.1 Å². The van der Waals surface area contributed by atoms with Crippen molar-refractivity contribution in [1.29, 1.82) is 0 Å². The quantitative estimate of drug-likeness (QED) is 0.384. The predicted molar refractivity (Wildman–Crippen MR) is 140 cm³/mol. The maximum atomic E-state index is 14.1. The minimum atomic E-state index is -5.19. The molecule has 1 aromatic heterocycles. The summed E-state index contributed by atoms with van der Waals surface area (Å²) in [4.78, 5) is 71.5. The van der Waals surface area contributed by atoms with Crippen molar-refractivity contribution in [2.24, 2.45) is 17.6 Å². The van der Waals surface area contributed by atoms with Gasteiger partial charge in [-0.05, 0) is 43.2 Å². The molecule has 0 aromatic carbocycles. The van der Waals surface area contributed by atoms with E-state index in [0.29, 0.717) is 5.69 Å². The van der Waals surface area contributed by atoms with Crippen LogP contribution in [0.4, 0.5) is 18.9 Å². The molecule has 4 aliphatic rings. The van der Waals surface area contributed by atoms with E-state index in [9.17, 15) is 37.1 Å². The third-order valence-electron chi connectivity index (χ3n) is 8.36. The van der Waals surface area contributed by atoms with E-state index >= 15 is 0 Å². The molecular formula is C27H33F3N6O6. The van der Waals surface area contributed by atoms with E-state index in [4.69, 9.17) is 10.5 Å². The summed E-state index contributed by atoms with van der Waals surface area (Å²) >= 11 is 0. The average molecular weight is 595 g/mol. The molecule has 228 valence electrons. The van der Waals surface area contributed by atoms with Crippen LogP contribution < -0.4 is 21.1 Å². The summed E-state index contributed by atoms with van der Waals surface area (Å²) in [7, 11) is 1.30. The van der Waals surface area contributed by atoms with Crippen molar-refractivity contribution in [3.05, 3.63) is 17.8 Å². The lowest BCUT2D eigenvalue weighted by Gasteiger charge is -2.36. The predicted octanol–water partition coefficient (Wildman–Crippen LogP) is 1.02. The second-order valence-corrected chi connectivity index (χ2v) is 11.9. The van der Waals surface area contributed by atoms with Crippen LogP contribution in [0, 0.1) is 18.8 Å². The molecule has 5 rings (SSSR count). The second-order valence-electron chi connectivity index (χ2n) is 11.9. The zero-order valence-corrected chi connectivity index (χ0v) is 23.2. The van der Waals surface area contributed by atoms with Crippen LogP contribution in [0.5, 0.6) is 5.88 Å². The first-order valence-corrected chi connectivity index (χ1v) is 13.9. The van der Waals surface area contributed by atoms with E-state index in [1.54, 1.807) is 18.3 Å². The van der Waals surface area contributed by atoms with Crippen LogP contribution in [-0.2, 0) is 24.0 Å². The van der Waals surface area contributed by atoms with Gasteiger partial charge in [0, 0.05) is 19.7 Å². The fourth-order valence-corrected chi connectivity index (χ4v) is 5.62. The number of alkyl halides is 3. The number of fused-ring (bicyclic) bond motifs is 1. The summed E-state index contributed by atoms with van der Waals surface area (Å²) in [6.07, 6.45) is -0.691. The summed E-state index contributed by atoms with van der Waals surface area (Å²) in [5.74, 6) is -5.07. The molecule has 1 unspecified atom stereocenters. The maximum Gasteiger partial charge on any atom is 0.471 e. The molecule has 1 spiro atoms. The van der Waals surface area contributed by atoms with Crippen molar-refractivity contribution in [2.75, 3.05) is 18.9 Å². The van der Waals surface area contributed by atoms with Gasteiger partial charge in [-0.25, -0.2) is 4.98 Å². The van der Waals surface area contributed by atoms with Crippen molar-refractivity contribution in [2.45, 2.75) is 81.8 Å². The van der Waals surface area contributed by atoms with E-state index in [1.807, 2.05) is 0 Å². The van der Waals surface area contributed by atoms with Gasteiger partial charge >= 0.3 is 12.1 Å². The Balaban J connectivity index is 1.40. The van der Waals surface area contributed by atoms with Gasteiger partial charge in [-0.15, -0.1) is 0 Å². The number of hydrogen-bond acceptors (Lipinski definition) is 7. The highest BCUT2D eigenvalue weighted by Crippen LogP contribution is 2.41. The van der Waals surface area contributed by atoms with Crippen LogP contribution in [0.2, 0.25) is 0 Å². The lowest BCUT2D eigenvalue weighted by Crippen LogP contribution is -2.58. The highest BCUT2D eigenvalue weighted by Gasteiger charge is 2.58. The largest absolute Gasteiger partial charge is 0.471 e. The van der Waals surface area contributed by atoms with Gasteiger partial charge in [0.15, 0.2) is 0 Å². The van der Waals surface area contributed by atoms with Crippen LogP contribution in [0.15, 0.2) is 12.3 Å². The average Bonchev–Trinajstić information content (AvgIpc) is 3.85. The number of nitrogens with zero attached hydrogens (tertiary/aromatic N) is 3. The molecule has 5 amide bonds. The zero-order valence-electron chi connectivity index (χ0n) is 23.2. The minimum Gasteiger partial charge on any atom is -0.457 e. The SMILES string of the molecule is Cc1cnc2c(c1)NC(=O)C1(C[C@@H](C(N)=O)N(C(=O)[C@H](CC3CC3)N(C)C(=O)[C@H](CC3CC3)NC(=O)C(F)(F)F)C1)O2. The Labute approximate surface area is 239 Å². The Hall–Kier alpha value is -3.91. The van der Waals surface area contributed by atoms with Gasteiger partial charge in [-0.2, -0.15) is 13.2 Å². The number of nitrogens with one attached hydrogen (secondary N) is 2. The van der Waals surface area contributed by atoms with Crippen molar-refractivity contribution >= 4 is 35.2 Å². The van der Waals surface area contributed by atoms with Gasteiger partial charge in [0.1, 0.15) is 23.8 Å². The molecule has 2 aliphatic heterocycles. The van der Waals surface area contributed by atoms with Crippen molar-refractivity contribution in [3.8, 4) is 5.88 Å². The van der Waals surface area contributed by atoms with Gasteiger partial charge < -0.3 is 30.9 Å². The highest BCUT2D eigenvalue weighted by atomic mass is 19.4. The number of aromatic nitrogens is 1. The summed E-state index contributed by atoms with van der Waals surface area (Å²) in [5, 5.41) is 4.52. The highest BCUT2D eigenvalue weighted by molar-refractivity contribution is 6.03. The molecule has 2 aliphatic carbocycles. The van der Waals surface area contributed by atoms with E-state index in [1.165, 1.54) is 13.2 Å². The van der Waals surface area contributed by atoms with Gasteiger partial charge in [0.2, 0.25) is 29.2 Å². The molecule has 0 radical (unpaired) electrons. The number of ether oxygens (including phenoxy) is 1. The molecule has 12 nitrogen and oxygen atoms in total. The molecule has 3 fully saturated rings. The van der Waals surface area contributed by atoms with E-state index in [-0.39, 0.29) is 43.5 Å². The molecule has 0 bridgehead atoms. The third-order valence-corrected chi connectivity index (χ3v) is 8.36. The Kier molecular flexibility index (Phi) is 7.56. The maximum absolute atomic E-state index is 14.1. The second kappa shape index (κ2) is 10.7. The summed E-state index contributed by atoms with van der Waals surface area (Å²) in [6.45, 7) is 1.42. The Morgan fingerprint density at radius 1 is 1.21 bits per heavy atom. The summed E-state index contributed by atoms with van der Waals surface area (Å²) < 4.78 is 45.1. The van der Waals surface area contributed by atoms with Crippen LogP contribution in [0.3, 0.4) is 0 Å². The van der Waals surface area contributed by atoms with Gasteiger partial charge in [0.25, 0.3) is 5.91 Å². The molecule has 3 heterocycles. The number of halogens is 3. The monoisotopic (exact) mass is 594 g/mol. The lowest BCUT2D eigenvalue weighted by atomic mass is 9.97. The fourth-order valence-electron chi connectivity index (χ4n) is 5.62. The number of likely N-dealkylation sites (N-methyl/N-ethyl adjacent to an activating group) is 1. The molecule has 1 aromatic rings. The van der Waals surface area contributed by atoms with Gasteiger partial charge in [0.05, 0.1) is 6.54 Å². The number of carbonyl (C=O) groups excluding carboxylic acids is 5. The molecule has 2 saturated carbocycles. The molecule has 4 N–H and O–H groups in total. The summed E-state index contributed by atoms with van der Waals surface area (Å²) in [5.41, 5.74) is 5.10. The topological polar surface area (TPSA) is 164 Å². The normalized spacial score (nSPS) is 24.7. The number of hydrogen-bond donors (Lipinski definition) is 3. The first-order chi connectivity index (χ1) is 19.7. The number of amides is 5. The Bertz CT molecular complexity index is 1320. The number of aryl methyl sites for hydroxylation is 1. The number of anilines is 1. The number of nitrogens with two attached hydrogens (primary N) is 1. The number of pyridine rings is 1. The smallest absolute Gasteiger partial charge is 0.457 e. The zero-order chi connectivity index (χ0) is 30.6. The van der Waals surface area contributed by atoms with Crippen molar-refractivity contribution < 1.29 is 41.9 Å². The van der Waals surface area contributed by atoms with E-state index < -0.39 is 59.4 Å². The Morgan fingerprint density at radius 2 is 1.86 bits per heavy atom. The third kappa shape index (κ3) is 6.00. The van der Waals surface area contributed by atoms with Crippen molar-refractivity contribution in [3.63, 3.8) is 0 Å². The van der Waals surface area contributed by atoms with Crippen LogP contribution in [-0.4, -0.2) is 87.8 Å². The van der Waals surface area contributed by atoms with Crippen LogP contribution >= 0.6 is 0 Å². The molecule has 1 saturated heterocycles. The molecule has 15 heteroatoms. The van der Waals surface area contributed by atoms with Gasteiger partial charge in [-0.1, -0.05) is 25.7 Å². The molecule has 42 heavy (non-hydrogen) atoms. The number of likely N-dealkylation sites (tertiary alicyclic amines) is 1.